The highest BCUT2D eigenvalue weighted by Crippen LogP contribution is 2.23. The van der Waals surface area contributed by atoms with Crippen molar-refractivity contribution >= 4 is 17.7 Å². The highest BCUT2D eigenvalue weighted by Gasteiger charge is 2.25. The van der Waals surface area contributed by atoms with Gasteiger partial charge in [-0.2, -0.15) is 14.6 Å². The number of piperazine rings is 1. The van der Waals surface area contributed by atoms with Crippen LogP contribution >= 0.6 is 0 Å². The van der Waals surface area contributed by atoms with E-state index in [1.54, 1.807) is 9.42 Å². The predicted molar refractivity (Wildman–Crippen MR) is 101 cm³/mol. The molecule has 0 spiro atoms. The molecule has 1 aliphatic heterocycles. The Labute approximate surface area is 157 Å². The van der Waals surface area contributed by atoms with E-state index >= 15 is 0 Å². The molecular weight excluding hydrogens is 344 g/mol. The number of aryl methyl sites for hydroxylation is 1. The van der Waals surface area contributed by atoms with Gasteiger partial charge in [0.2, 0.25) is 0 Å². The third-order valence-corrected chi connectivity index (χ3v) is 4.92. The number of aromatic nitrogens is 4. The predicted octanol–water partition coefficient (Wildman–Crippen LogP) is 2.20. The molecular formula is C19H22N6O2. The van der Waals surface area contributed by atoms with E-state index in [-0.39, 0.29) is 6.09 Å². The first kappa shape index (κ1) is 17.3. The second-order valence-corrected chi connectivity index (χ2v) is 6.63. The average molecular weight is 366 g/mol. The maximum absolute atomic E-state index is 12.4. The summed E-state index contributed by atoms with van der Waals surface area (Å²) in [6.45, 7) is 6.93. The van der Waals surface area contributed by atoms with Gasteiger partial charge in [-0.25, -0.2) is 9.78 Å². The zero-order valence-electron chi connectivity index (χ0n) is 15.5. The van der Waals surface area contributed by atoms with Crippen molar-refractivity contribution in [3.05, 3.63) is 53.5 Å². The van der Waals surface area contributed by atoms with E-state index in [0.717, 1.165) is 22.6 Å². The fourth-order valence-electron chi connectivity index (χ4n) is 3.30. The Balaban J connectivity index is 1.41. The number of carbonyl (C=O) groups is 1. The van der Waals surface area contributed by atoms with Crippen molar-refractivity contribution in [3.63, 3.8) is 0 Å². The van der Waals surface area contributed by atoms with Gasteiger partial charge in [0, 0.05) is 37.4 Å². The van der Waals surface area contributed by atoms with Crippen molar-refractivity contribution < 1.29 is 9.53 Å². The van der Waals surface area contributed by atoms with Crippen LogP contribution in [0.3, 0.4) is 0 Å². The third kappa shape index (κ3) is 3.42. The van der Waals surface area contributed by atoms with E-state index in [9.17, 15) is 4.79 Å². The lowest BCUT2D eigenvalue weighted by molar-refractivity contribution is 0.0941. The molecule has 1 aromatic carbocycles. The highest BCUT2D eigenvalue weighted by molar-refractivity contribution is 5.68. The molecule has 0 unspecified atom stereocenters. The van der Waals surface area contributed by atoms with E-state index in [1.165, 1.54) is 6.33 Å². The van der Waals surface area contributed by atoms with Crippen LogP contribution in [-0.4, -0.2) is 56.8 Å². The molecule has 3 aromatic rings. The van der Waals surface area contributed by atoms with Crippen molar-refractivity contribution in [2.75, 3.05) is 31.1 Å². The standard InChI is InChI=1S/C19H22N6O2/c1-14-15(2)22-18-20-13-21-25(18)17(14)23-8-10-24(11-9-23)19(26)27-12-16-6-4-3-5-7-16/h3-7,13H,8-12H2,1-2H3. The summed E-state index contributed by atoms with van der Waals surface area (Å²) in [6, 6.07) is 9.71. The summed E-state index contributed by atoms with van der Waals surface area (Å²) >= 11 is 0. The molecule has 0 atom stereocenters. The van der Waals surface area contributed by atoms with E-state index in [0.29, 0.717) is 38.6 Å². The Morgan fingerprint density at radius 1 is 1.11 bits per heavy atom. The van der Waals surface area contributed by atoms with Gasteiger partial charge in [0.25, 0.3) is 5.78 Å². The summed E-state index contributed by atoms with van der Waals surface area (Å²) in [6.07, 6.45) is 1.24. The molecule has 1 aliphatic rings. The second kappa shape index (κ2) is 7.22. The molecule has 3 heterocycles. The fourth-order valence-corrected chi connectivity index (χ4v) is 3.30. The van der Waals surface area contributed by atoms with Gasteiger partial charge in [0.05, 0.1) is 0 Å². The summed E-state index contributed by atoms with van der Waals surface area (Å²) in [5.41, 5.74) is 3.00. The summed E-state index contributed by atoms with van der Waals surface area (Å²) in [5.74, 6) is 1.59. The van der Waals surface area contributed by atoms with Crippen LogP contribution in [0, 0.1) is 13.8 Å². The minimum absolute atomic E-state index is 0.271. The Bertz CT molecular complexity index is 947. The molecule has 0 bridgehead atoms. The number of carbonyl (C=O) groups excluding carboxylic acids is 1. The summed E-state index contributed by atoms with van der Waals surface area (Å²) in [5, 5.41) is 4.31. The van der Waals surface area contributed by atoms with E-state index < -0.39 is 0 Å². The first-order valence-electron chi connectivity index (χ1n) is 9.01. The number of ether oxygens (including phenoxy) is 1. The van der Waals surface area contributed by atoms with Crippen LogP contribution in [0.25, 0.3) is 5.78 Å². The van der Waals surface area contributed by atoms with Crippen molar-refractivity contribution in [1.29, 1.82) is 0 Å². The lowest BCUT2D eigenvalue weighted by Crippen LogP contribution is -2.49. The van der Waals surface area contributed by atoms with E-state index in [1.807, 2.05) is 44.2 Å². The number of benzene rings is 1. The van der Waals surface area contributed by atoms with Gasteiger partial charge in [0.1, 0.15) is 18.8 Å². The van der Waals surface area contributed by atoms with Crippen molar-refractivity contribution in [3.8, 4) is 0 Å². The van der Waals surface area contributed by atoms with Crippen molar-refractivity contribution in [1.82, 2.24) is 24.5 Å². The minimum Gasteiger partial charge on any atom is -0.445 e. The van der Waals surface area contributed by atoms with E-state index in [2.05, 4.69) is 20.0 Å². The molecule has 0 aliphatic carbocycles. The lowest BCUT2D eigenvalue weighted by atomic mass is 10.2. The van der Waals surface area contributed by atoms with Crippen LogP contribution in [0.2, 0.25) is 0 Å². The van der Waals surface area contributed by atoms with E-state index in [4.69, 9.17) is 4.74 Å². The van der Waals surface area contributed by atoms with Crippen LogP contribution in [0.1, 0.15) is 16.8 Å². The molecule has 8 heteroatoms. The fraction of sp³-hybridized carbons (Fsp3) is 0.368. The van der Waals surface area contributed by atoms with Crippen LogP contribution in [0.4, 0.5) is 10.6 Å². The number of fused-ring (bicyclic) bond motifs is 1. The maximum Gasteiger partial charge on any atom is 0.410 e. The van der Waals surface area contributed by atoms with Crippen molar-refractivity contribution in [2.45, 2.75) is 20.5 Å². The zero-order chi connectivity index (χ0) is 18.8. The number of anilines is 1. The summed E-state index contributed by atoms with van der Waals surface area (Å²) in [7, 11) is 0. The largest absolute Gasteiger partial charge is 0.445 e. The van der Waals surface area contributed by atoms with Gasteiger partial charge < -0.3 is 14.5 Å². The molecule has 4 rings (SSSR count). The smallest absolute Gasteiger partial charge is 0.410 e. The third-order valence-electron chi connectivity index (χ3n) is 4.92. The number of rotatable bonds is 3. The Morgan fingerprint density at radius 3 is 2.59 bits per heavy atom. The quantitative estimate of drug-likeness (QED) is 0.707. The Morgan fingerprint density at radius 2 is 1.85 bits per heavy atom. The van der Waals surface area contributed by atoms with Crippen LogP contribution in [0.15, 0.2) is 36.7 Å². The SMILES string of the molecule is Cc1nc2ncnn2c(N2CCN(C(=O)OCc3ccccc3)CC2)c1C. The molecule has 0 N–H and O–H groups in total. The molecule has 27 heavy (non-hydrogen) atoms. The Kier molecular flexibility index (Phi) is 4.62. The molecule has 0 saturated carbocycles. The first-order valence-corrected chi connectivity index (χ1v) is 9.01. The molecule has 0 radical (unpaired) electrons. The summed E-state index contributed by atoms with van der Waals surface area (Å²) < 4.78 is 7.21. The van der Waals surface area contributed by atoms with Gasteiger partial charge in [-0.1, -0.05) is 30.3 Å². The lowest BCUT2D eigenvalue weighted by Gasteiger charge is -2.36. The Hall–Kier alpha value is -3.16. The number of nitrogens with zero attached hydrogens (tertiary/aromatic N) is 6. The van der Waals surface area contributed by atoms with Crippen LogP contribution in [0.5, 0.6) is 0 Å². The molecule has 140 valence electrons. The zero-order valence-corrected chi connectivity index (χ0v) is 15.5. The molecule has 1 amide bonds. The molecule has 2 aromatic heterocycles. The van der Waals surface area contributed by atoms with Gasteiger partial charge in [0.15, 0.2) is 0 Å². The number of hydrogen-bond donors (Lipinski definition) is 0. The average Bonchev–Trinajstić information content (AvgIpc) is 3.16. The van der Waals surface area contributed by atoms with Crippen LogP contribution in [-0.2, 0) is 11.3 Å². The van der Waals surface area contributed by atoms with Gasteiger partial charge >= 0.3 is 6.09 Å². The molecule has 8 nitrogen and oxygen atoms in total. The maximum atomic E-state index is 12.4. The minimum atomic E-state index is -0.271. The summed E-state index contributed by atoms with van der Waals surface area (Å²) in [4.78, 5) is 25.0. The van der Waals surface area contributed by atoms with Gasteiger partial charge in [-0.05, 0) is 19.4 Å². The van der Waals surface area contributed by atoms with Crippen molar-refractivity contribution in [2.24, 2.45) is 0 Å². The second-order valence-electron chi connectivity index (χ2n) is 6.63. The topological polar surface area (TPSA) is 75.9 Å². The van der Waals surface area contributed by atoms with Gasteiger partial charge in [-0.15, -0.1) is 0 Å². The monoisotopic (exact) mass is 366 g/mol. The number of amides is 1. The molecule has 1 saturated heterocycles. The first-order chi connectivity index (χ1) is 13.1. The van der Waals surface area contributed by atoms with Crippen LogP contribution < -0.4 is 4.90 Å². The normalized spacial score (nSPS) is 14.6. The molecule has 1 fully saturated rings. The van der Waals surface area contributed by atoms with Gasteiger partial charge in [-0.3, -0.25) is 0 Å². The highest BCUT2D eigenvalue weighted by atomic mass is 16.6. The number of hydrogen-bond acceptors (Lipinski definition) is 6.